The number of aromatic nitrogens is 3. The zero-order chi connectivity index (χ0) is 24.9. The number of nitrogens with one attached hydrogen (secondary N) is 1. The normalized spacial score (nSPS) is 10.9. The first kappa shape index (κ1) is 23.4. The van der Waals surface area contributed by atoms with Crippen LogP contribution in [-0.4, -0.2) is 25.8 Å². The van der Waals surface area contributed by atoms with Gasteiger partial charge >= 0.3 is 0 Å². The van der Waals surface area contributed by atoms with Crippen molar-refractivity contribution in [2.45, 2.75) is 26.6 Å². The van der Waals surface area contributed by atoms with Crippen LogP contribution in [0, 0.1) is 6.92 Å². The molecule has 2 heterocycles. The molecule has 0 bridgehead atoms. The average Bonchev–Trinajstić information content (AvgIpc) is 3.32. The highest BCUT2D eigenvalue weighted by atomic mass is 32.1. The molecule has 0 aliphatic carbocycles. The van der Waals surface area contributed by atoms with Crippen LogP contribution in [0.15, 0.2) is 89.0 Å². The van der Waals surface area contributed by atoms with E-state index < -0.39 is 0 Å². The van der Waals surface area contributed by atoms with Crippen LogP contribution in [0.5, 0.6) is 5.75 Å². The van der Waals surface area contributed by atoms with Crippen LogP contribution >= 0.6 is 11.3 Å². The number of carbonyl (C=O) groups excluding carboxylic acids is 1. The van der Waals surface area contributed by atoms with Gasteiger partial charge in [0.1, 0.15) is 18.2 Å². The number of amides is 1. The molecule has 0 aliphatic heterocycles. The summed E-state index contributed by atoms with van der Waals surface area (Å²) in [4.78, 5) is 39.8. The van der Waals surface area contributed by atoms with Crippen LogP contribution in [0.25, 0.3) is 10.9 Å². The molecule has 0 saturated heterocycles. The summed E-state index contributed by atoms with van der Waals surface area (Å²) in [6, 6.07) is 24.0. The molecule has 0 saturated carbocycles. The van der Waals surface area contributed by atoms with Gasteiger partial charge in [-0.15, -0.1) is 11.3 Å². The molecule has 0 spiro atoms. The second-order valence-corrected chi connectivity index (χ2v) is 9.41. The minimum Gasteiger partial charge on any atom is -0.487 e. The third-order valence-corrected chi connectivity index (χ3v) is 6.46. The third-order valence-electron chi connectivity index (χ3n) is 5.64. The van der Waals surface area contributed by atoms with Gasteiger partial charge in [0.05, 0.1) is 28.1 Å². The van der Waals surface area contributed by atoms with Crippen LogP contribution in [0.3, 0.4) is 0 Å². The van der Waals surface area contributed by atoms with Crippen molar-refractivity contribution in [1.82, 2.24) is 19.9 Å². The highest BCUT2D eigenvalue weighted by Crippen LogP contribution is 2.20. The van der Waals surface area contributed by atoms with Gasteiger partial charge in [0.25, 0.3) is 11.5 Å². The monoisotopic (exact) mass is 496 g/mol. The minimum atomic E-state index is -0.226. The second-order valence-electron chi connectivity index (χ2n) is 8.35. The van der Waals surface area contributed by atoms with Gasteiger partial charge in [-0.05, 0) is 42.8 Å². The van der Waals surface area contributed by atoms with E-state index in [0.29, 0.717) is 41.2 Å². The molecule has 36 heavy (non-hydrogen) atoms. The van der Waals surface area contributed by atoms with Crippen molar-refractivity contribution in [3.8, 4) is 5.75 Å². The topological polar surface area (TPSA) is 88.2 Å². The lowest BCUT2D eigenvalue weighted by Crippen LogP contribution is -2.31. The van der Waals surface area contributed by atoms with Crippen molar-refractivity contribution in [3.05, 3.63) is 122 Å². The first-order chi connectivity index (χ1) is 17.5. The summed E-state index contributed by atoms with van der Waals surface area (Å²) in [5.41, 5.74) is 2.68. The second kappa shape index (κ2) is 10.5. The summed E-state index contributed by atoms with van der Waals surface area (Å²) in [6.07, 6.45) is 0. The zero-order valence-corrected chi connectivity index (χ0v) is 20.5. The Morgan fingerprint density at radius 3 is 2.58 bits per heavy atom. The van der Waals surface area contributed by atoms with E-state index in [9.17, 15) is 9.59 Å². The van der Waals surface area contributed by atoms with Gasteiger partial charge in [-0.2, -0.15) is 0 Å². The van der Waals surface area contributed by atoms with E-state index in [0.717, 1.165) is 16.3 Å². The van der Waals surface area contributed by atoms with Gasteiger partial charge in [-0.25, -0.2) is 9.97 Å². The number of nitrogens with zero attached hydrogens (tertiary/aromatic N) is 3. The maximum absolute atomic E-state index is 13.7. The Bertz CT molecular complexity index is 1560. The van der Waals surface area contributed by atoms with Crippen LogP contribution in [-0.2, 0) is 19.7 Å². The van der Waals surface area contributed by atoms with Crippen LogP contribution < -0.4 is 10.3 Å². The SMILES string of the molecule is Cc1nc(COc2cccc(C(=O)N(Cc3ccccc3)Cc3nc4ccccc4c(=O)[nH]3)c2)cs1. The smallest absolute Gasteiger partial charge is 0.258 e. The number of carbonyl (C=O) groups is 1. The molecule has 0 radical (unpaired) electrons. The predicted octanol–water partition coefficient (Wildman–Crippen LogP) is 5.11. The van der Waals surface area contributed by atoms with Crippen molar-refractivity contribution in [2.24, 2.45) is 0 Å². The number of hydrogen-bond donors (Lipinski definition) is 1. The molecule has 7 nitrogen and oxygen atoms in total. The highest BCUT2D eigenvalue weighted by molar-refractivity contribution is 7.09. The predicted molar refractivity (Wildman–Crippen MR) is 140 cm³/mol. The standard InChI is InChI=1S/C28H24N4O3S/c1-19-29-22(18-36-19)17-35-23-11-7-10-21(14-23)28(34)32(15-20-8-3-2-4-9-20)16-26-30-25-13-6-5-12-24(25)27(33)31-26/h2-14,18H,15-17H2,1H3,(H,30,31,33). The van der Waals surface area contributed by atoms with Gasteiger partial charge in [0, 0.05) is 17.5 Å². The molecule has 0 atom stereocenters. The van der Waals surface area contributed by atoms with E-state index in [-0.39, 0.29) is 18.0 Å². The Kier molecular flexibility index (Phi) is 6.86. The van der Waals surface area contributed by atoms with Crippen molar-refractivity contribution >= 4 is 28.1 Å². The quantitative estimate of drug-likeness (QED) is 0.323. The van der Waals surface area contributed by atoms with Gasteiger partial charge in [0.15, 0.2) is 0 Å². The number of thiazole rings is 1. The van der Waals surface area contributed by atoms with Crippen molar-refractivity contribution in [1.29, 1.82) is 0 Å². The average molecular weight is 497 g/mol. The fourth-order valence-electron chi connectivity index (χ4n) is 3.93. The molecule has 1 N–H and O–H groups in total. The molecule has 5 aromatic rings. The largest absolute Gasteiger partial charge is 0.487 e. The number of para-hydroxylation sites is 1. The maximum atomic E-state index is 13.7. The van der Waals surface area contributed by atoms with E-state index in [1.54, 1.807) is 52.6 Å². The molecule has 2 aromatic heterocycles. The number of aromatic amines is 1. The van der Waals surface area contributed by atoms with Gasteiger partial charge in [0.2, 0.25) is 0 Å². The lowest BCUT2D eigenvalue weighted by atomic mass is 10.1. The maximum Gasteiger partial charge on any atom is 0.258 e. The van der Waals surface area contributed by atoms with Crippen molar-refractivity contribution in [3.63, 3.8) is 0 Å². The summed E-state index contributed by atoms with van der Waals surface area (Å²) in [6.45, 7) is 2.79. The number of benzene rings is 3. The Morgan fingerprint density at radius 1 is 0.972 bits per heavy atom. The number of ether oxygens (including phenoxy) is 1. The Balaban J connectivity index is 1.41. The van der Waals surface area contributed by atoms with Crippen molar-refractivity contribution < 1.29 is 9.53 Å². The number of H-pyrrole nitrogens is 1. The van der Waals surface area contributed by atoms with E-state index in [1.807, 2.05) is 54.8 Å². The summed E-state index contributed by atoms with van der Waals surface area (Å²) < 4.78 is 5.89. The molecular formula is C28H24N4O3S. The van der Waals surface area contributed by atoms with Crippen LogP contribution in [0.1, 0.15) is 32.4 Å². The minimum absolute atomic E-state index is 0.150. The van der Waals surface area contributed by atoms with E-state index in [1.165, 1.54) is 0 Å². The van der Waals surface area contributed by atoms with Gasteiger partial charge < -0.3 is 14.6 Å². The highest BCUT2D eigenvalue weighted by Gasteiger charge is 2.19. The first-order valence-corrected chi connectivity index (χ1v) is 12.4. The lowest BCUT2D eigenvalue weighted by Gasteiger charge is -2.23. The van der Waals surface area contributed by atoms with E-state index in [4.69, 9.17) is 4.74 Å². The van der Waals surface area contributed by atoms with Crippen LogP contribution in [0.4, 0.5) is 0 Å². The first-order valence-electron chi connectivity index (χ1n) is 11.5. The van der Waals surface area contributed by atoms with E-state index in [2.05, 4.69) is 15.0 Å². The van der Waals surface area contributed by atoms with Gasteiger partial charge in [-0.1, -0.05) is 48.5 Å². The molecule has 1 amide bonds. The number of fused-ring (bicyclic) bond motifs is 1. The third kappa shape index (κ3) is 5.50. The zero-order valence-electron chi connectivity index (χ0n) is 19.7. The molecule has 8 heteroatoms. The molecule has 5 rings (SSSR count). The number of hydrogen-bond acceptors (Lipinski definition) is 6. The lowest BCUT2D eigenvalue weighted by molar-refractivity contribution is 0.0725. The molecule has 3 aromatic carbocycles. The molecular weight excluding hydrogens is 472 g/mol. The number of rotatable bonds is 8. The summed E-state index contributed by atoms with van der Waals surface area (Å²) in [7, 11) is 0. The summed E-state index contributed by atoms with van der Waals surface area (Å²) in [5.74, 6) is 0.822. The van der Waals surface area contributed by atoms with Gasteiger partial charge in [-0.3, -0.25) is 9.59 Å². The molecule has 0 unspecified atom stereocenters. The van der Waals surface area contributed by atoms with E-state index >= 15 is 0 Å². The Morgan fingerprint density at radius 2 is 1.78 bits per heavy atom. The van der Waals surface area contributed by atoms with Crippen molar-refractivity contribution in [2.75, 3.05) is 0 Å². The fourth-order valence-corrected chi connectivity index (χ4v) is 4.52. The Labute approximate surface area is 212 Å². The summed E-state index contributed by atoms with van der Waals surface area (Å²) in [5, 5.41) is 3.46. The van der Waals surface area contributed by atoms with Crippen LogP contribution in [0.2, 0.25) is 0 Å². The Hall–Kier alpha value is -4.30. The summed E-state index contributed by atoms with van der Waals surface area (Å²) >= 11 is 1.57. The fraction of sp³-hybridized carbons (Fsp3) is 0.143. The molecule has 180 valence electrons. The molecule has 0 aliphatic rings. The number of aryl methyl sites for hydroxylation is 1. The molecule has 0 fully saturated rings.